The standard InChI is InChI=1S/C23H26N4O2S/c1-30-21-9-5-4-8-19(21)25-22(28)10-11-26-12-14-27(15-13-26)23(29)20-16-17-6-2-3-7-18(17)24-20/h2-9,16,24H,10-15H2,1H3,(H,25,28). The van der Waals surface area contributed by atoms with Gasteiger partial charge in [0.05, 0.1) is 5.69 Å². The molecule has 2 N–H and O–H groups in total. The molecule has 0 unspecified atom stereocenters. The van der Waals surface area contributed by atoms with E-state index in [0.29, 0.717) is 31.7 Å². The van der Waals surface area contributed by atoms with Crippen LogP contribution in [0.2, 0.25) is 0 Å². The summed E-state index contributed by atoms with van der Waals surface area (Å²) in [5.41, 5.74) is 2.48. The van der Waals surface area contributed by atoms with Gasteiger partial charge < -0.3 is 15.2 Å². The molecule has 4 rings (SSSR count). The number of piperazine rings is 1. The van der Waals surface area contributed by atoms with Crippen LogP contribution in [0.15, 0.2) is 59.5 Å². The summed E-state index contributed by atoms with van der Waals surface area (Å²) in [6.07, 6.45) is 2.44. The molecule has 0 radical (unpaired) electrons. The van der Waals surface area contributed by atoms with Crippen molar-refractivity contribution in [2.24, 2.45) is 0 Å². The molecule has 0 atom stereocenters. The van der Waals surface area contributed by atoms with E-state index >= 15 is 0 Å². The predicted molar refractivity (Wildman–Crippen MR) is 122 cm³/mol. The van der Waals surface area contributed by atoms with E-state index in [4.69, 9.17) is 0 Å². The molecule has 6 nitrogen and oxygen atoms in total. The molecule has 7 heteroatoms. The van der Waals surface area contributed by atoms with Crippen LogP contribution in [0, 0.1) is 0 Å². The second kappa shape index (κ2) is 9.36. The zero-order chi connectivity index (χ0) is 20.9. The highest BCUT2D eigenvalue weighted by Crippen LogP contribution is 2.24. The number of amides is 2. The van der Waals surface area contributed by atoms with Gasteiger partial charge in [-0.15, -0.1) is 11.8 Å². The Morgan fingerprint density at radius 1 is 1.03 bits per heavy atom. The van der Waals surface area contributed by atoms with E-state index in [1.807, 2.05) is 65.8 Å². The van der Waals surface area contributed by atoms with Gasteiger partial charge >= 0.3 is 0 Å². The summed E-state index contributed by atoms with van der Waals surface area (Å²) >= 11 is 1.62. The number of anilines is 1. The second-order valence-electron chi connectivity index (χ2n) is 7.40. The third kappa shape index (κ3) is 4.68. The minimum atomic E-state index is 0.0214. The maximum absolute atomic E-state index is 12.8. The number of carbonyl (C=O) groups excluding carboxylic acids is 2. The van der Waals surface area contributed by atoms with Gasteiger partial charge in [0.1, 0.15) is 5.69 Å². The molecule has 30 heavy (non-hydrogen) atoms. The van der Waals surface area contributed by atoms with Crippen LogP contribution < -0.4 is 5.32 Å². The SMILES string of the molecule is CSc1ccccc1NC(=O)CCN1CCN(C(=O)c2cc3ccccc3[nH]2)CC1. The van der Waals surface area contributed by atoms with Crippen LogP contribution in [0.1, 0.15) is 16.9 Å². The van der Waals surface area contributed by atoms with Gasteiger partial charge in [-0.25, -0.2) is 0 Å². The van der Waals surface area contributed by atoms with Gasteiger partial charge in [0.25, 0.3) is 5.91 Å². The Labute approximate surface area is 180 Å². The number of thioether (sulfide) groups is 1. The number of H-pyrrole nitrogens is 1. The van der Waals surface area contributed by atoms with Crippen molar-refractivity contribution in [2.75, 3.05) is 44.3 Å². The molecular formula is C23H26N4O2S. The van der Waals surface area contributed by atoms with Gasteiger partial charge in [-0.3, -0.25) is 14.5 Å². The zero-order valence-electron chi connectivity index (χ0n) is 17.1. The van der Waals surface area contributed by atoms with E-state index in [-0.39, 0.29) is 11.8 Å². The number of para-hydroxylation sites is 2. The fraction of sp³-hybridized carbons (Fsp3) is 0.304. The molecule has 2 heterocycles. The van der Waals surface area contributed by atoms with Gasteiger partial charge in [-0.2, -0.15) is 0 Å². The Balaban J connectivity index is 1.25. The molecule has 0 spiro atoms. The third-order valence-electron chi connectivity index (χ3n) is 5.46. The highest BCUT2D eigenvalue weighted by molar-refractivity contribution is 7.98. The minimum Gasteiger partial charge on any atom is -0.351 e. The van der Waals surface area contributed by atoms with Crippen molar-refractivity contribution in [1.82, 2.24) is 14.8 Å². The van der Waals surface area contributed by atoms with Crippen LogP contribution in [0.5, 0.6) is 0 Å². The van der Waals surface area contributed by atoms with Crippen LogP contribution in [-0.2, 0) is 4.79 Å². The Bertz CT molecular complexity index is 1010. The van der Waals surface area contributed by atoms with Gasteiger partial charge in [-0.05, 0) is 30.5 Å². The van der Waals surface area contributed by atoms with Crippen LogP contribution in [0.4, 0.5) is 5.69 Å². The molecule has 1 fully saturated rings. The van der Waals surface area contributed by atoms with Crippen molar-refractivity contribution in [3.63, 3.8) is 0 Å². The number of benzene rings is 2. The van der Waals surface area contributed by atoms with Crippen molar-refractivity contribution in [3.05, 3.63) is 60.3 Å². The second-order valence-corrected chi connectivity index (χ2v) is 8.25. The summed E-state index contributed by atoms with van der Waals surface area (Å²) in [6.45, 7) is 3.60. The average Bonchev–Trinajstić information content (AvgIpc) is 3.22. The van der Waals surface area contributed by atoms with Crippen molar-refractivity contribution in [3.8, 4) is 0 Å². The van der Waals surface area contributed by atoms with E-state index in [1.165, 1.54) is 0 Å². The lowest BCUT2D eigenvalue weighted by atomic mass is 10.2. The number of nitrogens with zero attached hydrogens (tertiary/aromatic N) is 2. The summed E-state index contributed by atoms with van der Waals surface area (Å²) in [5.74, 6) is 0.0605. The fourth-order valence-corrected chi connectivity index (χ4v) is 4.31. The number of rotatable bonds is 6. The molecule has 1 saturated heterocycles. The zero-order valence-corrected chi connectivity index (χ0v) is 17.9. The van der Waals surface area contributed by atoms with Gasteiger partial charge in [0, 0.05) is 54.9 Å². The fourth-order valence-electron chi connectivity index (χ4n) is 3.75. The van der Waals surface area contributed by atoms with Gasteiger partial charge in [-0.1, -0.05) is 30.3 Å². The number of aromatic amines is 1. The molecule has 1 aliphatic heterocycles. The van der Waals surface area contributed by atoms with Crippen LogP contribution >= 0.6 is 11.8 Å². The normalized spacial score (nSPS) is 14.8. The molecular weight excluding hydrogens is 396 g/mol. The van der Waals surface area contributed by atoms with E-state index in [9.17, 15) is 9.59 Å². The van der Waals surface area contributed by atoms with E-state index in [1.54, 1.807) is 11.8 Å². The molecule has 3 aromatic rings. The van der Waals surface area contributed by atoms with Crippen LogP contribution in [0.3, 0.4) is 0 Å². The highest BCUT2D eigenvalue weighted by atomic mass is 32.2. The minimum absolute atomic E-state index is 0.0214. The first-order valence-corrected chi connectivity index (χ1v) is 11.4. The van der Waals surface area contributed by atoms with Crippen molar-refractivity contribution in [1.29, 1.82) is 0 Å². The van der Waals surface area contributed by atoms with E-state index < -0.39 is 0 Å². The highest BCUT2D eigenvalue weighted by Gasteiger charge is 2.23. The van der Waals surface area contributed by atoms with E-state index in [2.05, 4.69) is 15.2 Å². The number of hydrogen-bond donors (Lipinski definition) is 2. The molecule has 1 aromatic heterocycles. The average molecular weight is 423 g/mol. The van der Waals surface area contributed by atoms with Crippen LogP contribution in [-0.4, -0.2) is 65.6 Å². The van der Waals surface area contributed by atoms with Gasteiger partial charge in [0.15, 0.2) is 0 Å². The first kappa shape index (κ1) is 20.5. The number of carbonyl (C=O) groups is 2. The molecule has 0 bridgehead atoms. The Morgan fingerprint density at radius 2 is 1.77 bits per heavy atom. The molecule has 2 aromatic carbocycles. The Morgan fingerprint density at radius 3 is 2.53 bits per heavy atom. The first-order valence-electron chi connectivity index (χ1n) is 10.2. The van der Waals surface area contributed by atoms with Crippen LogP contribution in [0.25, 0.3) is 10.9 Å². The third-order valence-corrected chi connectivity index (χ3v) is 6.25. The summed E-state index contributed by atoms with van der Waals surface area (Å²) in [4.78, 5) is 33.6. The van der Waals surface area contributed by atoms with Crippen molar-refractivity contribution < 1.29 is 9.59 Å². The number of hydrogen-bond acceptors (Lipinski definition) is 4. The molecule has 156 valence electrons. The molecule has 0 aliphatic carbocycles. The number of aromatic nitrogens is 1. The Kier molecular flexibility index (Phi) is 6.40. The molecule has 0 saturated carbocycles. The number of nitrogens with one attached hydrogen (secondary N) is 2. The Hall–Kier alpha value is -2.77. The predicted octanol–water partition coefficient (Wildman–Crippen LogP) is 3.68. The monoisotopic (exact) mass is 422 g/mol. The van der Waals surface area contributed by atoms with Crippen molar-refractivity contribution in [2.45, 2.75) is 11.3 Å². The molecule has 1 aliphatic rings. The lowest BCUT2D eigenvalue weighted by Crippen LogP contribution is -2.49. The van der Waals surface area contributed by atoms with Gasteiger partial charge in [0.2, 0.25) is 5.91 Å². The first-order chi connectivity index (χ1) is 14.6. The topological polar surface area (TPSA) is 68.4 Å². The summed E-state index contributed by atoms with van der Waals surface area (Å²) in [7, 11) is 0. The summed E-state index contributed by atoms with van der Waals surface area (Å²) in [5, 5.41) is 4.06. The lowest BCUT2D eigenvalue weighted by molar-refractivity contribution is -0.116. The maximum atomic E-state index is 12.8. The molecule has 2 amide bonds. The lowest BCUT2D eigenvalue weighted by Gasteiger charge is -2.34. The quantitative estimate of drug-likeness (QED) is 0.595. The van der Waals surface area contributed by atoms with E-state index in [0.717, 1.165) is 34.6 Å². The summed E-state index contributed by atoms with van der Waals surface area (Å²) < 4.78 is 0. The number of fused-ring (bicyclic) bond motifs is 1. The van der Waals surface area contributed by atoms with Crippen molar-refractivity contribution >= 4 is 40.2 Å². The summed E-state index contributed by atoms with van der Waals surface area (Å²) in [6, 6.07) is 17.7. The maximum Gasteiger partial charge on any atom is 0.270 e. The smallest absolute Gasteiger partial charge is 0.270 e. The largest absolute Gasteiger partial charge is 0.351 e.